The van der Waals surface area contributed by atoms with Crippen molar-refractivity contribution in [3.8, 4) is 5.75 Å². The lowest BCUT2D eigenvalue weighted by molar-refractivity contribution is -0.148. The maximum absolute atomic E-state index is 11.3. The molecule has 2 heterocycles. The molecule has 0 radical (unpaired) electrons. The van der Waals surface area contributed by atoms with Crippen LogP contribution in [0.25, 0.3) is 10.9 Å². The zero-order chi connectivity index (χ0) is 28.9. The van der Waals surface area contributed by atoms with Gasteiger partial charge in [-0.2, -0.15) is 0 Å². The third kappa shape index (κ3) is 6.07. The minimum atomic E-state index is -0.820. The van der Waals surface area contributed by atoms with E-state index in [1.54, 1.807) is 7.11 Å². The van der Waals surface area contributed by atoms with Gasteiger partial charge in [0.25, 0.3) is 0 Å². The van der Waals surface area contributed by atoms with Gasteiger partial charge in [0.05, 0.1) is 31.4 Å². The molecule has 2 aliphatic rings. The fourth-order valence-electron chi connectivity index (χ4n) is 6.67. The molecule has 0 bridgehead atoms. The molecule has 7 heteroatoms. The molecule has 1 saturated carbocycles. The van der Waals surface area contributed by atoms with E-state index in [1.165, 1.54) is 22.9 Å². The van der Waals surface area contributed by atoms with Gasteiger partial charge in [0.1, 0.15) is 11.4 Å². The number of hydrogen-bond acceptors (Lipinski definition) is 5. The third-order valence-corrected chi connectivity index (χ3v) is 8.79. The summed E-state index contributed by atoms with van der Waals surface area (Å²) in [6.07, 6.45) is 6.69. The highest BCUT2D eigenvalue weighted by molar-refractivity contribution is 5.88. The molecule has 1 aromatic heterocycles. The van der Waals surface area contributed by atoms with Gasteiger partial charge in [-0.05, 0) is 75.0 Å². The number of methoxy groups -OCH3 is 1. The molecular formula is C33H46N2O5. The van der Waals surface area contributed by atoms with Crippen molar-refractivity contribution >= 4 is 16.9 Å². The number of nitrogens with one attached hydrogen (secondary N) is 1. The zero-order valence-electron chi connectivity index (χ0n) is 24.8. The second-order valence-electron chi connectivity index (χ2n) is 11.5. The number of aliphatic carboxylic acids is 1. The average Bonchev–Trinajstić information content (AvgIpc) is 3.34. The van der Waals surface area contributed by atoms with Crippen LogP contribution in [-0.2, 0) is 33.6 Å². The Morgan fingerprint density at radius 1 is 1.18 bits per heavy atom. The average molecular weight is 551 g/mol. The number of aromatic amines is 1. The van der Waals surface area contributed by atoms with E-state index in [0.717, 1.165) is 61.2 Å². The molecule has 1 aliphatic carbocycles. The number of rotatable bonds is 8. The SMILES string of the molecule is CCc1cccc2c3c([nH]c12)C(CC)(CC(=O)O)OCC3.COc1cccc([C@@]2(O)CCCC[C@@H]2CN(C)C)c1. The topological polar surface area (TPSA) is 95.0 Å². The molecule has 3 N–H and O–H groups in total. The van der Waals surface area contributed by atoms with E-state index in [9.17, 15) is 15.0 Å². The standard InChI is InChI=1S/C17H21NO3.C16H25NO2/c1-3-11-6-5-7-12-13-8-9-21-17(4-2,10-14(19)20)16(13)18-15(11)12;1-17(2)12-14-7-4-5-10-16(14,18)13-8-6-9-15(11-13)19-3/h5-7,18H,3-4,8-10H2,1-2H3,(H,19,20);6,8-9,11,14,18H,4-5,7,10,12H2,1-3H3/t;14-,16+/m.1/s1. The number of ether oxygens (including phenoxy) is 2. The minimum absolute atomic E-state index is 0.00474. The smallest absolute Gasteiger partial charge is 0.306 e. The number of aryl methyl sites for hydroxylation is 1. The monoisotopic (exact) mass is 550 g/mol. The van der Waals surface area contributed by atoms with Crippen molar-refractivity contribution in [3.05, 3.63) is 64.8 Å². The summed E-state index contributed by atoms with van der Waals surface area (Å²) >= 11 is 0. The summed E-state index contributed by atoms with van der Waals surface area (Å²) in [4.78, 5) is 16.9. The molecule has 2 aromatic carbocycles. The summed E-state index contributed by atoms with van der Waals surface area (Å²) < 4.78 is 11.2. The Balaban J connectivity index is 0.000000186. The van der Waals surface area contributed by atoms with Crippen LogP contribution in [0.2, 0.25) is 0 Å². The van der Waals surface area contributed by atoms with E-state index >= 15 is 0 Å². The van der Waals surface area contributed by atoms with E-state index < -0.39 is 17.2 Å². The van der Waals surface area contributed by atoms with Crippen molar-refractivity contribution in [2.24, 2.45) is 5.92 Å². The number of H-pyrrole nitrogens is 1. The predicted molar refractivity (Wildman–Crippen MR) is 159 cm³/mol. The maximum Gasteiger partial charge on any atom is 0.306 e. The Hall–Kier alpha value is -2.87. The van der Waals surface area contributed by atoms with Gasteiger partial charge in [0, 0.05) is 23.4 Å². The van der Waals surface area contributed by atoms with E-state index in [-0.39, 0.29) is 6.42 Å². The van der Waals surface area contributed by atoms with Gasteiger partial charge in [-0.25, -0.2) is 0 Å². The highest BCUT2D eigenvalue weighted by atomic mass is 16.5. The van der Waals surface area contributed by atoms with Crippen LogP contribution in [0.1, 0.15) is 74.8 Å². The van der Waals surface area contributed by atoms with Gasteiger partial charge in [0.2, 0.25) is 0 Å². The molecule has 218 valence electrons. The van der Waals surface area contributed by atoms with Crippen LogP contribution in [0.5, 0.6) is 5.75 Å². The predicted octanol–water partition coefficient (Wildman–Crippen LogP) is 6.02. The molecule has 1 unspecified atom stereocenters. The Morgan fingerprint density at radius 2 is 1.95 bits per heavy atom. The van der Waals surface area contributed by atoms with Crippen molar-refractivity contribution in [2.45, 2.75) is 76.4 Å². The first kappa shape index (κ1) is 30.1. The van der Waals surface area contributed by atoms with Gasteiger partial charge >= 0.3 is 5.97 Å². The molecule has 3 atom stereocenters. The van der Waals surface area contributed by atoms with Gasteiger partial charge in [-0.15, -0.1) is 0 Å². The van der Waals surface area contributed by atoms with E-state index in [4.69, 9.17) is 9.47 Å². The quantitative estimate of drug-likeness (QED) is 0.318. The van der Waals surface area contributed by atoms with E-state index in [0.29, 0.717) is 18.9 Å². The van der Waals surface area contributed by atoms with Crippen LogP contribution in [-0.4, -0.2) is 60.4 Å². The van der Waals surface area contributed by atoms with Crippen LogP contribution in [0, 0.1) is 5.92 Å². The Labute approximate surface area is 238 Å². The molecule has 1 fully saturated rings. The molecular weight excluding hydrogens is 504 g/mol. The first-order chi connectivity index (χ1) is 19.2. The molecule has 7 nitrogen and oxygen atoms in total. The Kier molecular flexibility index (Phi) is 9.60. The Bertz CT molecular complexity index is 1300. The summed E-state index contributed by atoms with van der Waals surface area (Å²) in [5.41, 5.74) is 4.17. The number of aliphatic hydroxyl groups is 1. The summed E-state index contributed by atoms with van der Waals surface area (Å²) in [5, 5.41) is 21.7. The number of carbonyl (C=O) groups is 1. The summed E-state index contributed by atoms with van der Waals surface area (Å²) in [6.45, 7) is 5.63. The van der Waals surface area contributed by atoms with Gasteiger partial charge in [-0.3, -0.25) is 4.79 Å². The highest BCUT2D eigenvalue weighted by Crippen LogP contribution is 2.43. The van der Waals surface area contributed by atoms with Crippen LogP contribution in [0.4, 0.5) is 0 Å². The highest BCUT2D eigenvalue weighted by Gasteiger charge is 2.42. The lowest BCUT2D eigenvalue weighted by Crippen LogP contribution is -2.43. The minimum Gasteiger partial charge on any atom is -0.497 e. The molecule has 1 aliphatic heterocycles. The molecule has 40 heavy (non-hydrogen) atoms. The number of aromatic nitrogens is 1. The van der Waals surface area contributed by atoms with Gasteiger partial charge < -0.3 is 29.6 Å². The van der Waals surface area contributed by atoms with Crippen LogP contribution >= 0.6 is 0 Å². The van der Waals surface area contributed by atoms with E-state index in [2.05, 4.69) is 49.1 Å². The zero-order valence-corrected chi connectivity index (χ0v) is 24.8. The normalized spacial score (nSPS) is 24.3. The third-order valence-electron chi connectivity index (χ3n) is 8.79. The number of carboxylic acids is 1. The second kappa shape index (κ2) is 12.8. The summed E-state index contributed by atoms with van der Waals surface area (Å²) in [5.74, 6) is 0.294. The van der Waals surface area contributed by atoms with Crippen molar-refractivity contribution in [1.29, 1.82) is 0 Å². The number of hydrogen-bond donors (Lipinski definition) is 3. The molecule has 3 aromatic rings. The maximum atomic E-state index is 11.3. The fourth-order valence-corrected chi connectivity index (χ4v) is 6.67. The second-order valence-corrected chi connectivity index (χ2v) is 11.5. The van der Waals surface area contributed by atoms with Gasteiger partial charge in [-0.1, -0.05) is 57.0 Å². The first-order valence-electron chi connectivity index (χ1n) is 14.7. The largest absolute Gasteiger partial charge is 0.497 e. The molecule has 0 saturated heterocycles. The number of fused-ring (bicyclic) bond motifs is 3. The Morgan fingerprint density at radius 3 is 2.62 bits per heavy atom. The van der Waals surface area contributed by atoms with Crippen molar-refractivity contribution in [3.63, 3.8) is 0 Å². The molecule has 0 spiro atoms. The summed E-state index contributed by atoms with van der Waals surface area (Å²) in [7, 11) is 5.81. The van der Waals surface area contributed by atoms with E-state index in [1.807, 2.05) is 31.2 Å². The van der Waals surface area contributed by atoms with Crippen molar-refractivity contribution < 1.29 is 24.5 Å². The molecule has 5 rings (SSSR count). The van der Waals surface area contributed by atoms with Crippen LogP contribution < -0.4 is 4.74 Å². The molecule has 0 amide bonds. The van der Waals surface area contributed by atoms with Crippen LogP contribution in [0.15, 0.2) is 42.5 Å². The number of nitrogens with zero attached hydrogens (tertiary/aromatic N) is 1. The first-order valence-corrected chi connectivity index (χ1v) is 14.7. The number of carboxylic acid groups (broad SMARTS) is 1. The van der Waals surface area contributed by atoms with Crippen LogP contribution in [0.3, 0.4) is 0 Å². The van der Waals surface area contributed by atoms with Gasteiger partial charge in [0.15, 0.2) is 0 Å². The number of para-hydroxylation sites is 1. The lowest BCUT2D eigenvalue weighted by atomic mass is 9.71. The fraction of sp³-hybridized carbons (Fsp3) is 0.545. The van der Waals surface area contributed by atoms with Crippen molar-refractivity contribution in [2.75, 3.05) is 34.4 Å². The lowest BCUT2D eigenvalue weighted by Gasteiger charge is -2.41. The van der Waals surface area contributed by atoms with Crippen molar-refractivity contribution in [1.82, 2.24) is 9.88 Å². The number of benzene rings is 2. The summed E-state index contributed by atoms with van der Waals surface area (Å²) in [6, 6.07) is 14.2.